The van der Waals surface area contributed by atoms with Gasteiger partial charge in [-0.25, -0.2) is 0 Å². The van der Waals surface area contributed by atoms with Crippen LogP contribution in [0.3, 0.4) is 0 Å². The summed E-state index contributed by atoms with van der Waals surface area (Å²) < 4.78 is 1.43. The lowest BCUT2D eigenvalue weighted by molar-refractivity contribution is -0.137. The molecule has 0 spiro atoms. The highest BCUT2D eigenvalue weighted by molar-refractivity contribution is 5.94. The molecule has 0 fully saturated rings. The highest BCUT2D eigenvalue weighted by atomic mass is 16.4. The van der Waals surface area contributed by atoms with E-state index in [1.165, 1.54) is 15.8 Å². The Hall–Kier alpha value is -2.63. The van der Waals surface area contributed by atoms with Crippen LogP contribution < -0.4 is 0 Å². The molecule has 2 rings (SSSR count). The van der Waals surface area contributed by atoms with Crippen molar-refractivity contribution in [3.63, 3.8) is 0 Å². The maximum Gasteiger partial charge on any atom is 0.323 e. The molecular weight excluding hydrogens is 258 g/mol. The van der Waals surface area contributed by atoms with E-state index in [0.717, 1.165) is 5.56 Å². The lowest BCUT2D eigenvalue weighted by Crippen LogP contribution is -2.36. The van der Waals surface area contributed by atoms with Gasteiger partial charge in [-0.15, -0.1) is 0 Å². The van der Waals surface area contributed by atoms with Crippen LogP contribution in [0.15, 0.2) is 42.6 Å². The van der Waals surface area contributed by atoms with Crippen molar-refractivity contribution in [2.45, 2.75) is 6.54 Å². The number of aliphatic carboxylic acids is 1. The molecule has 0 saturated carbocycles. The summed E-state index contributed by atoms with van der Waals surface area (Å²) in [4.78, 5) is 24.6. The van der Waals surface area contributed by atoms with Crippen molar-refractivity contribution in [1.82, 2.24) is 14.7 Å². The molecule has 2 aromatic rings. The normalized spacial score (nSPS) is 10.2. The average Bonchev–Trinajstić information content (AvgIpc) is 2.84. The minimum absolute atomic E-state index is 0.247. The third kappa shape index (κ3) is 3.23. The summed E-state index contributed by atoms with van der Waals surface area (Å²) in [5, 5.41) is 12.9. The van der Waals surface area contributed by atoms with E-state index in [1.54, 1.807) is 13.1 Å². The summed E-state index contributed by atoms with van der Waals surface area (Å²) in [6.45, 7) is -0.101. The van der Waals surface area contributed by atoms with E-state index < -0.39 is 5.97 Å². The molecule has 0 aliphatic heterocycles. The Morgan fingerprint density at radius 2 is 1.95 bits per heavy atom. The van der Waals surface area contributed by atoms with Gasteiger partial charge in [0.05, 0.1) is 0 Å². The molecule has 0 saturated heterocycles. The van der Waals surface area contributed by atoms with Gasteiger partial charge in [0.1, 0.15) is 12.2 Å². The molecule has 0 bridgehead atoms. The summed E-state index contributed by atoms with van der Waals surface area (Å²) in [6, 6.07) is 10.8. The number of carbonyl (C=O) groups excluding carboxylic acids is 1. The molecule has 0 aliphatic rings. The van der Waals surface area contributed by atoms with Gasteiger partial charge in [-0.1, -0.05) is 30.3 Å². The van der Waals surface area contributed by atoms with Gasteiger partial charge in [-0.2, -0.15) is 5.10 Å². The second-order valence-electron chi connectivity index (χ2n) is 4.38. The van der Waals surface area contributed by atoms with Crippen LogP contribution in [0.4, 0.5) is 0 Å². The minimum atomic E-state index is -1.04. The molecule has 1 aromatic carbocycles. The standard InChI is InChI=1S/C14H15N3O3/c1-16-12(7-8-15-16)14(20)17(10-13(18)19)9-11-5-3-2-4-6-11/h2-8H,9-10H2,1H3,(H,18,19). The van der Waals surface area contributed by atoms with Crippen LogP contribution in [0.25, 0.3) is 0 Å². The maximum atomic E-state index is 12.4. The van der Waals surface area contributed by atoms with Crippen LogP contribution in [0.2, 0.25) is 0 Å². The second-order valence-corrected chi connectivity index (χ2v) is 4.38. The number of aryl methyl sites for hydroxylation is 1. The van der Waals surface area contributed by atoms with Crippen molar-refractivity contribution in [3.05, 3.63) is 53.9 Å². The van der Waals surface area contributed by atoms with Crippen molar-refractivity contribution in [2.24, 2.45) is 7.05 Å². The smallest absolute Gasteiger partial charge is 0.323 e. The number of benzene rings is 1. The Labute approximate surface area is 116 Å². The lowest BCUT2D eigenvalue weighted by Gasteiger charge is -2.20. The maximum absolute atomic E-state index is 12.4. The minimum Gasteiger partial charge on any atom is -0.480 e. The molecule has 1 amide bonds. The van der Waals surface area contributed by atoms with Gasteiger partial charge < -0.3 is 10.0 Å². The molecule has 0 radical (unpaired) electrons. The SMILES string of the molecule is Cn1nccc1C(=O)N(CC(=O)O)Cc1ccccc1. The summed E-state index contributed by atoms with van der Waals surface area (Å²) in [7, 11) is 1.65. The molecule has 1 aromatic heterocycles. The molecular formula is C14H15N3O3. The van der Waals surface area contributed by atoms with Crippen LogP contribution in [-0.2, 0) is 18.4 Å². The third-order valence-corrected chi connectivity index (χ3v) is 2.87. The van der Waals surface area contributed by atoms with Crippen LogP contribution in [0.5, 0.6) is 0 Å². The Kier molecular flexibility index (Phi) is 4.14. The Balaban J connectivity index is 2.21. The number of aromatic nitrogens is 2. The predicted molar refractivity (Wildman–Crippen MR) is 72.0 cm³/mol. The number of rotatable bonds is 5. The number of amides is 1. The Morgan fingerprint density at radius 3 is 2.50 bits per heavy atom. The summed E-state index contributed by atoms with van der Waals surface area (Å²) >= 11 is 0. The summed E-state index contributed by atoms with van der Waals surface area (Å²) in [5.41, 5.74) is 1.24. The van der Waals surface area contributed by atoms with Crippen molar-refractivity contribution in [2.75, 3.05) is 6.54 Å². The van der Waals surface area contributed by atoms with Gasteiger partial charge in [-0.3, -0.25) is 14.3 Å². The van der Waals surface area contributed by atoms with Crippen LogP contribution in [0.1, 0.15) is 16.1 Å². The summed E-state index contributed by atoms with van der Waals surface area (Å²) in [6.07, 6.45) is 1.51. The molecule has 104 valence electrons. The van der Waals surface area contributed by atoms with Crippen molar-refractivity contribution in [3.8, 4) is 0 Å². The quantitative estimate of drug-likeness (QED) is 0.886. The molecule has 20 heavy (non-hydrogen) atoms. The molecule has 1 heterocycles. The Bertz CT molecular complexity index is 607. The van der Waals surface area contributed by atoms with Gasteiger partial charge in [0, 0.05) is 19.8 Å². The Morgan fingerprint density at radius 1 is 1.25 bits per heavy atom. The second kappa shape index (κ2) is 6.01. The first-order valence-electron chi connectivity index (χ1n) is 6.11. The number of carboxylic acids is 1. The van der Waals surface area contributed by atoms with Crippen molar-refractivity contribution >= 4 is 11.9 Å². The third-order valence-electron chi connectivity index (χ3n) is 2.87. The van der Waals surface area contributed by atoms with Gasteiger partial charge in [0.15, 0.2) is 0 Å². The molecule has 0 atom stereocenters. The highest BCUT2D eigenvalue weighted by Gasteiger charge is 2.21. The van der Waals surface area contributed by atoms with Crippen molar-refractivity contribution in [1.29, 1.82) is 0 Å². The van der Waals surface area contributed by atoms with E-state index in [-0.39, 0.29) is 19.0 Å². The zero-order chi connectivity index (χ0) is 14.5. The van der Waals surface area contributed by atoms with Crippen molar-refractivity contribution < 1.29 is 14.7 Å². The number of hydrogen-bond acceptors (Lipinski definition) is 3. The van der Waals surface area contributed by atoms with Gasteiger partial charge in [0.25, 0.3) is 5.91 Å². The first-order valence-corrected chi connectivity index (χ1v) is 6.11. The zero-order valence-electron chi connectivity index (χ0n) is 11.1. The first-order chi connectivity index (χ1) is 9.58. The van der Waals surface area contributed by atoms with Gasteiger partial charge >= 0.3 is 5.97 Å². The van der Waals surface area contributed by atoms with E-state index in [4.69, 9.17) is 5.11 Å². The molecule has 0 unspecified atom stereocenters. The number of hydrogen-bond donors (Lipinski definition) is 1. The van der Waals surface area contributed by atoms with E-state index in [1.807, 2.05) is 30.3 Å². The van der Waals surface area contributed by atoms with Gasteiger partial charge in [0.2, 0.25) is 0 Å². The fourth-order valence-corrected chi connectivity index (χ4v) is 1.91. The van der Waals surface area contributed by atoms with E-state index in [0.29, 0.717) is 5.69 Å². The molecule has 6 nitrogen and oxygen atoms in total. The van der Waals surface area contributed by atoms with Gasteiger partial charge in [-0.05, 0) is 11.6 Å². The fourth-order valence-electron chi connectivity index (χ4n) is 1.91. The number of carboxylic acid groups (broad SMARTS) is 1. The number of carbonyl (C=O) groups is 2. The molecule has 6 heteroatoms. The van der Waals surface area contributed by atoms with Crippen LogP contribution in [-0.4, -0.2) is 38.2 Å². The largest absolute Gasteiger partial charge is 0.480 e. The predicted octanol–water partition coefficient (Wildman–Crippen LogP) is 1.15. The highest BCUT2D eigenvalue weighted by Crippen LogP contribution is 2.09. The monoisotopic (exact) mass is 273 g/mol. The van der Waals surface area contributed by atoms with Crippen LogP contribution >= 0.6 is 0 Å². The summed E-state index contributed by atoms with van der Waals surface area (Å²) in [5.74, 6) is -1.40. The van der Waals surface area contributed by atoms with E-state index >= 15 is 0 Å². The zero-order valence-corrected chi connectivity index (χ0v) is 11.1. The number of nitrogens with zero attached hydrogens (tertiary/aromatic N) is 3. The van der Waals surface area contributed by atoms with E-state index in [2.05, 4.69) is 5.10 Å². The lowest BCUT2D eigenvalue weighted by atomic mass is 10.2. The molecule has 0 aliphatic carbocycles. The molecule has 1 N–H and O–H groups in total. The average molecular weight is 273 g/mol. The first kappa shape index (κ1) is 13.8. The van der Waals surface area contributed by atoms with E-state index in [9.17, 15) is 9.59 Å². The van der Waals surface area contributed by atoms with Crippen LogP contribution in [0, 0.1) is 0 Å². The fraction of sp³-hybridized carbons (Fsp3) is 0.214. The topological polar surface area (TPSA) is 75.4 Å².